The van der Waals surface area contributed by atoms with E-state index < -0.39 is 0 Å². The van der Waals surface area contributed by atoms with E-state index in [4.69, 9.17) is 19.9 Å². The third-order valence-electron chi connectivity index (χ3n) is 2.64. The molecule has 0 rings (SSSR count). The topological polar surface area (TPSA) is 57.0 Å². The molecule has 1 atom stereocenters. The molecule has 0 aromatic carbocycles. The van der Waals surface area contributed by atoms with Gasteiger partial charge in [-0.1, -0.05) is 0 Å². The Hall–Kier alpha value is -0.200. The number of nitrogens with zero attached hydrogens (tertiary/aromatic N) is 1. The van der Waals surface area contributed by atoms with Crippen molar-refractivity contribution in [2.45, 2.75) is 18.9 Å². The standard InChI is InChI=1S/C12H28N2O3/c1-15-8-4-5-12(13)11-14(6-9-16-2)7-10-17-3/h12H,4-11,13H2,1-3H3. The second kappa shape index (κ2) is 12.3. The second-order valence-corrected chi connectivity index (χ2v) is 4.18. The molecular weight excluding hydrogens is 220 g/mol. The zero-order valence-electron chi connectivity index (χ0n) is 11.5. The molecule has 0 saturated heterocycles. The summed E-state index contributed by atoms with van der Waals surface area (Å²) in [7, 11) is 5.15. The first-order valence-electron chi connectivity index (χ1n) is 6.19. The Kier molecular flexibility index (Phi) is 12.1. The summed E-state index contributed by atoms with van der Waals surface area (Å²) in [6.07, 6.45) is 2.00. The molecular formula is C12H28N2O3. The van der Waals surface area contributed by atoms with E-state index in [9.17, 15) is 0 Å². The van der Waals surface area contributed by atoms with E-state index in [0.29, 0.717) is 0 Å². The van der Waals surface area contributed by atoms with Crippen LogP contribution in [0, 0.1) is 0 Å². The van der Waals surface area contributed by atoms with E-state index in [1.807, 2.05) is 0 Å². The summed E-state index contributed by atoms with van der Waals surface area (Å²) >= 11 is 0. The molecule has 104 valence electrons. The maximum Gasteiger partial charge on any atom is 0.0589 e. The summed E-state index contributed by atoms with van der Waals surface area (Å²) in [5, 5.41) is 0. The normalized spacial score (nSPS) is 13.2. The first-order valence-corrected chi connectivity index (χ1v) is 6.19. The lowest BCUT2D eigenvalue weighted by Crippen LogP contribution is -2.40. The van der Waals surface area contributed by atoms with Gasteiger partial charge in [0.1, 0.15) is 0 Å². The van der Waals surface area contributed by atoms with Crippen LogP contribution in [0.15, 0.2) is 0 Å². The predicted molar refractivity (Wildman–Crippen MR) is 69.3 cm³/mol. The zero-order valence-corrected chi connectivity index (χ0v) is 11.5. The van der Waals surface area contributed by atoms with Gasteiger partial charge in [0, 0.05) is 53.6 Å². The third kappa shape index (κ3) is 10.7. The van der Waals surface area contributed by atoms with E-state index in [1.165, 1.54) is 0 Å². The summed E-state index contributed by atoms with van der Waals surface area (Å²) in [6.45, 7) is 4.93. The molecule has 0 spiro atoms. The van der Waals surface area contributed by atoms with Gasteiger partial charge in [-0.3, -0.25) is 4.90 Å². The Morgan fingerprint density at radius 3 is 1.94 bits per heavy atom. The lowest BCUT2D eigenvalue weighted by molar-refractivity contribution is 0.108. The van der Waals surface area contributed by atoms with Gasteiger partial charge in [0.15, 0.2) is 0 Å². The van der Waals surface area contributed by atoms with Crippen molar-refractivity contribution >= 4 is 0 Å². The molecule has 0 amide bonds. The van der Waals surface area contributed by atoms with Crippen molar-refractivity contribution < 1.29 is 14.2 Å². The number of nitrogens with two attached hydrogens (primary N) is 1. The zero-order chi connectivity index (χ0) is 12.9. The van der Waals surface area contributed by atoms with Gasteiger partial charge in [-0.05, 0) is 12.8 Å². The number of ether oxygens (including phenoxy) is 3. The summed E-state index contributed by atoms with van der Waals surface area (Å²) in [4.78, 5) is 2.28. The van der Waals surface area contributed by atoms with Crippen LogP contribution in [-0.4, -0.2) is 71.7 Å². The Morgan fingerprint density at radius 1 is 0.941 bits per heavy atom. The van der Waals surface area contributed by atoms with E-state index in [-0.39, 0.29) is 6.04 Å². The highest BCUT2D eigenvalue weighted by Crippen LogP contribution is 1.99. The van der Waals surface area contributed by atoms with E-state index in [0.717, 1.165) is 52.3 Å². The molecule has 0 saturated carbocycles. The van der Waals surface area contributed by atoms with E-state index in [2.05, 4.69) is 4.90 Å². The Bertz CT molecular complexity index is 151. The van der Waals surface area contributed by atoms with Gasteiger partial charge < -0.3 is 19.9 Å². The molecule has 17 heavy (non-hydrogen) atoms. The minimum Gasteiger partial charge on any atom is -0.385 e. The SMILES string of the molecule is COCCCC(N)CN(CCOC)CCOC. The molecule has 5 nitrogen and oxygen atoms in total. The Morgan fingerprint density at radius 2 is 1.47 bits per heavy atom. The summed E-state index contributed by atoms with van der Waals surface area (Å²) in [5.74, 6) is 0. The number of hydrogen-bond donors (Lipinski definition) is 1. The minimum atomic E-state index is 0.193. The first-order chi connectivity index (χ1) is 8.24. The van der Waals surface area contributed by atoms with Gasteiger partial charge in [-0.15, -0.1) is 0 Å². The fraction of sp³-hybridized carbons (Fsp3) is 1.00. The van der Waals surface area contributed by atoms with Crippen LogP contribution in [0.2, 0.25) is 0 Å². The molecule has 1 unspecified atom stereocenters. The van der Waals surface area contributed by atoms with Crippen molar-refractivity contribution in [3.8, 4) is 0 Å². The van der Waals surface area contributed by atoms with Crippen molar-refractivity contribution in [2.75, 3.05) is 60.8 Å². The van der Waals surface area contributed by atoms with Gasteiger partial charge in [-0.25, -0.2) is 0 Å². The maximum atomic E-state index is 6.08. The lowest BCUT2D eigenvalue weighted by Gasteiger charge is -2.25. The Balaban J connectivity index is 3.76. The highest BCUT2D eigenvalue weighted by atomic mass is 16.5. The highest BCUT2D eigenvalue weighted by molar-refractivity contribution is 4.68. The smallest absolute Gasteiger partial charge is 0.0589 e. The summed E-state index contributed by atoms with van der Waals surface area (Å²) in [6, 6.07) is 0.193. The van der Waals surface area contributed by atoms with Crippen LogP contribution in [0.1, 0.15) is 12.8 Å². The molecule has 0 aliphatic rings. The summed E-state index contributed by atoms with van der Waals surface area (Å²) in [5.41, 5.74) is 6.08. The molecule has 0 aromatic rings. The van der Waals surface area contributed by atoms with E-state index >= 15 is 0 Å². The van der Waals surface area contributed by atoms with Crippen LogP contribution in [0.5, 0.6) is 0 Å². The van der Waals surface area contributed by atoms with Crippen molar-refractivity contribution in [2.24, 2.45) is 5.73 Å². The minimum absolute atomic E-state index is 0.193. The number of methoxy groups -OCH3 is 3. The molecule has 5 heteroatoms. The fourth-order valence-corrected chi connectivity index (χ4v) is 1.65. The van der Waals surface area contributed by atoms with Gasteiger partial charge in [0.05, 0.1) is 13.2 Å². The van der Waals surface area contributed by atoms with E-state index in [1.54, 1.807) is 21.3 Å². The van der Waals surface area contributed by atoms with Crippen LogP contribution >= 0.6 is 0 Å². The van der Waals surface area contributed by atoms with Crippen LogP contribution in [0.25, 0.3) is 0 Å². The average molecular weight is 248 g/mol. The quantitative estimate of drug-likeness (QED) is 0.505. The van der Waals surface area contributed by atoms with Crippen molar-refractivity contribution in [1.82, 2.24) is 4.90 Å². The van der Waals surface area contributed by atoms with Gasteiger partial charge in [0.2, 0.25) is 0 Å². The van der Waals surface area contributed by atoms with Crippen LogP contribution in [0.4, 0.5) is 0 Å². The predicted octanol–water partition coefficient (Wildman–Crippen LogP) is 0.335. The van der Waals surface area contributed by atoms with Gasteiger partial charge >= 0.3 is 0 Å². The van der Waals surface area contributed by atoms with Crippen LogP contribution < -0.4 is 5.73 Å². The molecule has 0 radical (unpaired) electrons. The Labute approximate surface area is 105 Å². The highest BCUT2D eigenvalue weighted by Gasteiger charge is 2.10. The molecule has 0 aliphatic carbocycles. The molecule has 0 aromatic heterocycles. The molecule has 0 aliphatic heterocycles. The number of rotatable bonds is 12. The maximum absolute atomic E-state index is 6.08. The number of hydrogen-bond acceptors (Lipinski definition) is 5. The molecule has 0 heterocycles. The van der Waals surface area contributed by atoms with Crippen molar-refractivity contribution in [3.05, 3.63) is 0 Å². The largest absolute Gasteiger partial charge is 0.385 e. The van der Waals surface area contributed by atoms with Gasteiger partial charge in [0.25, 0.3) is 0 Å². The van der Waals surface area contributed by atoms with Crippen molar-refractivity contribution in [1.29, 1.82) is 0 Å². The summed E-state index contributed by atoms with van der Waals surface area (Å²) < 4.78 is 15.2. The second-order valence-electron chi connectivity index (χ2n) is 4.18. The van der Waals surface area contributed by atoms with Crippen LogP contribution in [0.3, 0.4) is 0 Å². The molecule has 0 fully saturated rings. The van der Waals surface area contributed by atoms with Gasteiger partial charge in [-0.2, -0.15) is 0 Å². The average Bonchev–Trinajstić information content (AvgIpc) is 2.33. The van der Waals surface area contributed by atoms with Crippen LogP contribution in [-0.2, 0) is 14.2 Å². The first kappa shape index (κ1) is 16.8. The third-order valence-corrected chi connectivity index (χ3v) is 2.64. The monoisotopic (exact) mass is 248 g/mol. The molecule has 0 bridgehead atoms. The fourth-order valence-electron chi connectivity index (χ4n) is 1.65. The lowest BCUT2D eigenvalue weighted by atomic mass is 10.1. The molecule has 2 N–H and O–H groups in total. The van der Waals surface area contributed by atoms with Crippen molar-refractivity contribution in [3.63, 3.8) is 0 Å².